The molecule has 1 aromatic carbocycles. The highest BCUT2D eigenvalue weighted by molar-refractivity contribution is 5.86. The smallest absolute Gasteiger partial charge is 0.338 e. The van der Waals surface area contributed by atoms with Crippen molar-refractivity contribution in [2.45, 2.75) is 6.92 Å². The third-order valence-electron chi connectivity index (χ3n) is 2.07. The summed E-state index contributed by atoms with van der Waals surface area (Å²) in [4.78, 5) is 18.2. The van der Waals surface area contributed by atoms with E-state index in [0.29, 0.717) is 5.75 Å². The first-order valence-corrected chi connectivity index (χ1v) is 4.95. The standard InChI is InChI=1S/C12H10N2O3/c1-8-3-2-4-10(5-8)17-12-13-6-9(7-14-12)11(15)16/h2-7H,1H3,(H,15,16). The van der Waals surface area contributed by atoms with Crippen LogP contribution < -0.4 is 4.74 Å². The first-order chi connectivity index (χ1) is 8.15. The maximum absolute atomic E-state index is 10.6. The predicted octanol–water partition coefficient (Wildman–Crippen LogP) is 2.28. The Morgan fingerprint density at radius 2 is 2.00 bits per heavy atom. The van der Waals surface area contributed by atoms with Gasteiger partial charge < -0.3 is 9.84 Å². The van der Waals surface area contributed by atoms with Gasteiger partial charge >= 0.3 is 12.0 Å². The van der Waals surface area contributed by atoms with Gasteiger partial charge in [-0.25, -0.2) is 14.8 Å². The summed E-state index contributed by atoms with van der Waals surface area (Å²) in [7, 11) is 0. The Kier molecular flexibility index (Phi) is 3.00. The second-order valence-corrected chi connectivity index (χ2v) is 3.48. The van der Waals surface area contributed by atoms with Gasteiger partial charge in [0, 0.05) is 12.4 Å². The van der Waals surface area contributed by atoms with E-state index in [1.54, 1.807) is 6.07 Å². The van der Waals surface area contributed by atoms with E-state index in [1.165, 1.54) is 12.4 Å². The number of aromatic carboxylic acids is 1. The van der Waals surface area contributed by atoms with Crippen LogP contribution in [0.3, 0.4) is 0 Å². The molecule has 0 radical (unpaired) electrons. The summed E-state index contributed by atoms with van der Waals surface area (Å²) < 4.78 is 5.38. The van der Waals surface area contributed by atoms with E-state index in [1.807, 2.05) is 25.1 Å². The van der Waals surface area contributed by atoms with Crippen molar-refractivity contribution in [2.24, 2.45) is 0 Å². The first-order valence-electron chi connectivity index (χ1n) is 4.95. The monoisotopic (exact) mass is 230 g/mol. The molecule has 0 fully saturated rings. The third-order valence-corrected chi connectivity index (χ3v) is 2.07. The normalized spacial score (nSPS) is 9.94. The van der Waals surface area contributed by atoms with E-state index < -0.39 is 5.97 Å². The van der Waals surface area contributed by atoms with Crippen LogP contribution in [0.4, 0.5) is 0 Å². The number of nitrogens with zero attached hydrogens (tertiary/aromatic N) is 2. The summed E-state index contributed by atoms with van der Waals surface area (Å²) in [6.45, 7) is 1.95. The lowest BCUT2D eigenvalue weighted by molar-refractivity contribution is 0.0696. The van der Waals surface area contributed by atoms with Gasteiger partial charge in [-0.2, -0.15) is 0 Å². The largest absolute Gasteiger partial charge is 0.478 e. The van der Waals surface area contributed by atoms with Crippen LogP contribution in [-0.2, 0) is 0 Å². The minimum Gasteiger partial charge on any atom is -0.478 e. The average Bonchev–Trinajstić information content (AvgIpc) is 2.29. The number of ether oxygens (including phenoxy) is 1. The molecule has 0 spiro atoms. The molecular weight excluding hydrogens is 220 g/mol. The SMILES string of the molecule is Cc1cccc(Oc2ncc(C(=O)O)cn2)c1. The van der Waals surface area contributed by atoms with Crippen molar-refractivity contribution in [1.82, 2.24) is 9.97 Å². The Bertz CT molecular complexity index is 538. The van der Waals surface area contributed by atoms with Gasteiger partial charge in [0.15, 0.2) is 0 Å². The van der Waals surface area contributed by atoms with Crippen molar-refractivity contribution in [3.8, 4) is 11.8 Å². The number of carboxylic acids is 1. The lowest BCUT2D eigenvalue weighted by Crippen LogP contribution is -1.99. The molecule has 1 aromatic heterocycles. The Morgan fingerprint density at radius 3 is 2.59 bits per heavy atom. The van der Waals surface area contributed by atoms with Gasteiger partial charge in [0.1, 0.15) is 5.75 Å². The summed E-state index contributed by atoms with van der Waals surface area (Å²) in [5, 5.41) is 8.68. The molecule has 0 amide bonds. The van der Waals surface area contributed by atoms with Crippen LogP contribution in [0.5, 0.6) is 11.8 Å². The van der Waals surface area contributed by atoms with Gasteiger partial charge in [0.2, 0.25) is 0 Å². The maximum atomic E-state index is 10.6. The van der Waals surface area contributed by atoms with Crippen LogP contribution in [0.15, 0.2) is 36.7 Å². The highest BCUT2D eigenvalue weighted by Crippen LogP contribution is 2.18. The molecular formula is C12H10N2O3. The van der Waals surface area contributed by atoms with Gasteiger partial charge in [0.05, 0.1) is 5.56 Å². The van der Waals surface area contributed by atoms with Crippen molar-refractivity contribution in [3.63, 3.8) is 0 Å². The van der Waals surface area contributed by atoms with Crippen LogP contribution in [0.1, 0.15) is 15.9 Å². The predicted molar refractivity (Wildman–Crippen MR) is 60.2 cm³/mol. The summed E-state index contributed by atoms with van der Waals surface area (Å²) in [5.74, 6) is -0.444. The summed E-state index contributed by atoms with van der Waals surface area (Å²) in [6, 6.07) is 7.55. The quantitative estimate of drug-likeness (QED) is 0.875. The molecule has 0 atom stereocenters. The van der Waals surface area contributed by atoms with E-state index >= 15 is 0 Å². The number of carbonyl (C=O) groups is 1. The zero-order valence-corrected chi connectivity index (χ0v) is 9.12. The average molecular weight is 230 g/mol. The van der Waals surface area contributed by atoms with Gasteiger partial charge in [-0.15, -0.1) is 0 Å². The number of hydrogen-bond donors (Lipinski definition) is 1. The maximum Gasteiger partial charge on any atom is 0.338 e. The zero-order valence-electron chi connectivity index (χ0n) is 9.12. The lowest BCUT2D eigenvalue weighted by atomic mass is 10.2. The number of rotatable bonds is 3. The molecule has 0 saturated heterocycles. The van der Waals surface area contributed by atoms with E-state index in [4.69, 9.17) is 9.84 Å². The van der Waals surface area contributed by atoms with Crippen molar-refractivity contribution in [1.29, 1.82) is 0 Å². The molecule has 0 unspecified atom stereocenters. The van der Waals surface area contributed by atoms with Gasteiger partial charge in [-0.3, -0.25) is 0 Å². The molecule has 0 bridgehead atoms. The van der Waals surface area contributed by atoms with E-state index in [-0.39, 0.29) is 11.6 Å². The number of carboxylic acid groups (broad SMARTS) is 1. The molecule has 0 aliphatic heterocycles. The van der Waals surface area contributed by atoms with Crippen LogP contribution in [0.25, 0.3) is 0 Å². The lowest BCUT2D eigenvalue weighted by Gasteiger charge is -2.03. The Labute approximate surface area is 97.7 Å². The fourth-order valence-corrected chi connectivity index (χ4v) is 1.26. The minimum atomic E-state index is -1.06. The molecule has 0 aliphatic rings. The fourth-order valence-electron chi connectivity index (χ4n) is 1.26. The van der Waals surface area contributed by atoms with Crippen LogP contribution in [0, 0.1) is 6.92 Å². The molecule has 2 aromatic rings. The summed E-state index contributed by atoms with van der Waals surface area (Å²) in [6.07, 6.45) is 2.42. The van der Waals surface area contributed by atoms with Gasteiger partial charge in [-0.05, 0) is 24.6 Å². The second-order valence-electron chi connectivity index (χ2n) is 3.48. The van der Waals surface area contributed by atoms with Crippen molar-refractivity contribution >= 4 is 5.97 Å². The van der Waals surface area contributed by atoms with Crippen LogP contribution >= 0.6 is 0 Å². The number of aryl methyl sites for hydroxylation is 1. The van der Waals surface area contributed by atoms with E-state index in [9.17, 15) is 4.79 Å². The summed E-state index contributed by atoms with van der Waals surface area (Å²) in [5.41, 5.74) is 1.09. The van der Waals surface area contributed by atoms with Crippen LogP contribution in [0.2, 0.25) is 0 Å². The van der Waals surface area contributed by atoms with E-state index in [0.717, 1.165) is 5.56 Å². The summed E-state index contributed by atoms with van der Waals surface area (Å²) >= 11 is 0. The number of hydrogen-bond acceptors (Lipinski definition) is 4. The van der Waals surface area contributed by atoms with Gasteiger partial charge in [0.25, 0.3) is 0 Å². The van der Waals surface area contributed by atoms with Crippen molar-refractivity contribution < 1.29 is 14.6 Å². The Morgan fingerprint density at radius 1 is 1.29 bits per heavy atom. The van der Waals surface area contributed by atoms with Crippen molar-refractivity contribution in [3.05, 3.63) is 47.8 Å². The molecule has 17 heavy (non-hydrogen) atoms. The minimum absolute atomic E-state index is 0.0293. The molecule has 1 N–H and O–H groups in total. The number of benzene rings is 1. The highest BCUT2D eigenvalue weighted by Gasteiger charge is 2.05. The molecule has 1 heterocycles. The molecule has 5 heteroatoms. The molecule has 2 rings (SSSR count). The third kappa shape index (κ3) is 2.78. The first kappa shape index (κ1) is 11.1. The topological polar surface area (TPSA) is 72.3 Å². The van der Waals surface area contributed by atoms with Gasteiger partial charge in [-0.1, -0.05) is 12.1 Å². The highest BCUT2D eigenvalue weighted by atomic mass is 16.5. The van der Waals surface area contributed by atoms with Crippen LogP contribution in [-0.4, -0.2) is 21.0 Å². The molecule has 0 aliphatic carbocycles. The second kappa shape index (κ2) is 4.61. The molecule has 0 saturated carbocycles. The fraction of sp³-hybridized carbons (Fsp3) is 0.0833. The van der Waals surface area contributed by atoms with Crippen molar-refractivity contribution in [2.75, 3.05) is 0 Å². The molecule has 5 nitrogen and oxygen atoms in total. The zero-order chi connectivity index (χ0) is 12.3. The Hall–Kier alpha value is -2.43. The number of aromatic nitrogens is 2. The molecule has 86 valence electrons. The van der Waals surface area contributed by atoms with E-state index in [2.05, 4.69) is 9.97 Å². The Balaban J connectivity index is 2.16.